The minimum absolute atomic E-state index is 0.0139. The van der Waals surface area contributed by atoms with E-state index in [2.05, 4.69) is 50.4 Å². The van der Waals surface area contributed by atoms with Gasteiger partial charge < -0.3 is 15.0 Å². The molecule has 2 aromatic rings. The van der Waals surface area contributed by atoms with Gasteiger partial charge in [-0.05, 0) is 40.3 Å². The second-order valence-corrected chi connectivity index (χ2v) is 10.0. The van der Waals surface area contributed by atoms with Gasteiger partial charge in [0.25, 0.3) is 11.8 Å². The van der Waals surface area contributed by atoms with Gasteiger partial charge in [-0.3, -0.25) is 9.59 Å². The van der Waals surface area contributed by atoms with E-state index in [1.165, 1.54) is 17.3 Å². The second-order valence-electron chi connectivity index (χ2n) is 8.29. The number of nitrogens with zero attached hydrogens (tertiary/aromatic N) is 1. The molecule has 2 heterocycles. The molecule has 2 aliphatic heterocycles. The summed E-state index contributed by atoms with van der Waals surface area (Å²) in [6, 6.07) is 13.9. The molecule has 1 saturated heterocycles. The molecule has 5 nitrogen and oxygen atoms in total. The fourth-order valence-corrected chi connectivity index (χ4v) is 4.39. The Balaban J connectivity index is 1.63. The van der Waals surface area contributed by atoms with Gasteiger partial charge >= 0.3 is 0 Å². The van der Waals surface area contributed by atoms with Crippen LogP contribution < -0.4 is 15.0 Å². The van der Waals surface area contributed by atoms with Gasteiger partial charge in [0.2, 0.25) is 0 Å². The third kappa shape index (κ3) is 4.27. The average Bonchev–Trinajstić information content (AvgIpc) is 3.00. The number of carbonyl (C=O) groups is 2. The fourth-order valence-electron chi connectivity index (χ4n) is 3.35. The third-order valence-corrected chi connectivity index (χ3v) is 6.19. The van der Waals surface area contributed by atoms with E-state index in [0.29, 0.717) is 27.2 Å². The molecule has 4 rings (SSSR count). The maximum atomic E-state index is 12.6. The first-order chi connectivity index (χ1) is 14.2. The van der Waals surface area contributed by atoms with Crippen LogP contribution in [0.4, 0.5) is 5.69 Å². The van der Waals surface area contributed by atoms with Crippen LogP contribution >= 0.6 is 24.0 Å². The highest BCUT2D eigenvalue weighted by atomic mass is 32.2. The number of amides is 2. The molecule has 0 aromatic heterocycles. The van der Waals surface area contributed by atoms with Gasteiger partial charge in [0.1, 0.15) is 10.1 Å². The lowest BCUT2D eigenvalue weighted by atomic mass is 9.87. The van der Waals surface area contributed by atoms with Crippen molar-refractivity contribution in [3.8, 4) is 5.75 Å². The molecule has 0 bridgehead atoms. The molecule has 2 aliphatic rings. The maximum absolute atomic E-state index is 12.6. The fraction of sp³-hybridized carbons (Fsp3) is 0.261. The summed E-state index contributed by atoms with van der Waals surface area (Å²) < 4.78 is 6.06. The van der Waals surface area contributed by atoms with Crippen LogP contribution in [-0.2, 0) is 21.5 Å². The van der Waals surface area contributed by atoms with E-state index >= 15 is 0 Å². The number of nitrogens with one attached hydrogen (secondary N) is 1. The first kappa shape index (κ1) is 20.6. The zero-order valence-corrected chi connectivity index (χ0v) is 18.7. The van der Waals surface area contributed by atoms with Gasteiger partial charge in [-0.1, -0.05) is 75.1 Å². The van der Waals surface area contributed by atoms with Crippen LogP contribution in [-0.4, -0.2) is 22.7 Å². The van der Waals surface area contributed by atoms with Crippen molar-refractivity contribution < 1.29 is 14.3 Å². The molecular weight excluding hydrogens is 416 g/mol. The molecule has 0 radical (unpaired) electrons. The van der Waals surface area contributed by atoms with Gasteiger partial charge in [0.05, 0.1) is 17.1 Å². The van der Waals surface area contributed by atoms with Crippen molar-refractivity contribution in [1.29, 1.82) is 0 Å². The minimum Gasteiger partial charge on any atom is -0.482 e. The monoisotopic (exact) mass is 438 g/mol. The second kappa shape index (κ2) is 7.89. The van der Waals surface area contributed by atoms with Gasteiger partial charge in [-0.25, -0.2) is 0 Å². The van der Waals surface area contributed by atoms with Gasteiger partial charge in [-0.15, -0.1) is 0 Å². The number of ether oxygens (including phenoxy) is 1. The Morgan fingerprint density at radius 3 is 2.53 bits per heavy atom. The molecule has 2 amide bonds. The van der Waals surface area contributed by atoms with Gasteiger partial charge in [0.15, 0.2) is 6.61 Å². The Morgan fingerprint density at radius 2 is 1.90 bits per heavy atom. The lowest BCUT2D eigenvalue weighted by molar-refractivity contribution is -0.121. The van der Waals surface area contributed by atoms with E-state index < -0.39 is 0 Å². The third-order valence-electron chi connectivity index (χ3n) is 5.03. The van der Waals surface area contributed by atoms with Crippen LogP contribution in [0, 0.1) is 0 Å². The molecular formula is C23H22N2O3S2. The van der Waals surface area contributed by atoms with Crippen molar-refractivity contribution in [2.24, 2.45) is 0 Å². The topological polar surface area (TPSA) is 58.6 Å². The van der Waals surface area contributed by atoms with Crippen LogP contribution in [0.3, 0.4) is 0 Å². The highest BCUT2D eigenvalue weighted by molar-refractivity contribution is 8.26. The van der Waals surface area contributed by atoms with Crippen molar-refractivity contribution in [2.45, 2.75) is 32.7 Å². The predicted octanol–water partition coefficient (Wildman–Crippen LogP) is 4.40. The molecule has 0 unspecified atom stereocenters. The molecule has 0 aliphatic carbocycles. The number of benzene rings is 2. The zero-order chi connectivity index (χ0) is 21.5. The van der Waals surface area contributed by atoms with Crippen LogP contribution in [0.15, 0.2) is 47.4 Å². The minimum atomic E-state index is -0.203. The smallest absolute Gasteiger partial charge is 0.265 e. The summed E-state index contributed by atoms with van der Waals surface area (Å²) in [5, 5.41) is 2.61. The van der Waals surface area contributed by atoms with E-state index in [4.69, 9.17) is 17.0 Å². The van der Waals surface area contributed by atoms with E-state index in [0.717, 1.165) is 11.1 Å². The van der Waals surface area contributed by atoms with Crippen molar-refractivity contribution in [2.75, 3.05) is 11.5 Å². The summed E-state index contributed by atoms with van der Waals surface area (Å²) >= 11 is 6.28. The van der Waals surface area contributed by atoms with Gasteiger partial charge in [0, 0.05) is 0 Å². The summed E-state index contributed by atoms with van der Waals surface area (Å²) in [4.78, 5) is 26.9. The lowest BCUT2D eigenvalue weighted by Gasteiger charge is -2.30. The van der Waals surface area contributed by atoms with E-state index in [-0.39, 0.29) is 23.8 Å². The lowest BCUT2D eigenvalue weighted by Crippen LogP contribution is -2.38. The Bertz CT molecular complexity index is 1070. The Hall–Kier alpha value is -2.64. The van der Waals surface area contributed by atoms with Crippen LogP contribution in [0.1, 0.15) is 37.5 Å². The average molecular weight is 439 g/mol. The number of thiocarbonyl (C=S) groups is 1. The standard InChI is InChI=1S/C23H22N2O3S2/c1-23(2,3)16-7-4-14(5-8-16)12-25-17-10-15(6-9-18(17)28-13-20(25)26)11-19-21(27)24-22(29)30-19/h4-11H,12-13H2,1-3H3,(H,24,27,29)/b19-11-. The number of carbonyl (C=O) groups excluding carboxylic acids is 2. The molecule has 0 saturated carbocycles. The van der Waals surface area contributed by atoms with Crippen LogP contribution in [0.25, 0.3) is 6.08 Å². The van der Waals surface area contributed by atoms with Crippen molar-refractivity contribution >= 4 is 51.9 Å². The van der Waals surface area contributed by atoms with Gasteiger partial charge in [-0.2, -0.15) is 0 Å². The number of hydrogen-bond donors (Lipinski definition) is 1. The Morgan fingerprint density at radius 1 is 1.17 bits per heavy atom. The Kier molecular flexibility index (Phi) is 5.42. The molecule has 0 atom stereocenters. The first-order valence-corrected chi connectivity index (χ1v) is 10.8. The normalized spacial score (nSPS) is 17.8. The van der Waals surface area contributed by atoms with E-state index in [1.807, 2.05) is 18.2 Å². The number of thioether (sulfide) groups is 1. The summed E-state index contributed by atoms with van der Waals surface area (Å²) in [7, 11) is 0. The molecule has 154 valence electrons. The Labute approximate surface area is 185 Å². The SMILES string of the molecule is CC(C)(C)c1ccc(CN2C(=O)COc3ccc(/C=C4\SC(=S)NC4=O)cc32)cc1. The summed E-state index contributed by atoms with van der Waals surface area (Å²) in [5.41, 5.74) is 3.88. The van der Waals surface area contributed by atoms with Crippen LogP contribution in [0.5, 0.6) is 5.75 Å². The molecule has 1 N–H and O–H groups in total. The highest BCUT2D eigenvalue weighted by Crippen LogP contribution is 2.36. The zero-order valence-electron chi connectivity index (χ0n) is 17.0. The summed E-state index contributed by atoms with van der Waals surface area (Å²) in [6.45, 7) is 7.00. The molecule has 0 spiro atoms. The van der Waals surface area contributed by atoms with E-state index in [9.17, 15) is 9.59 Å². The highest BCUT2D eigenvalue weighted by Gasteiger charge is 2.27. The summed E-state index contributed by atoms with van der Waals surface area (Å²) in [5.74, 6) is 0.356. The van der Waals surface area contributed by atoms with Crippen LogP contribution in [0.2, 0.25) is 0 Å². The largest absolute Gasteiger partial charge is 0.482 e. The van der Waals surface area contributed by atoms with Crippen molar-refractivity contribution in [1.82, 2.24) is 5.32 Å². The number of rotatable bonds is 3. The summed E-state index contributed by atoms with van der Waals surface area (Å²) in [6.07, 6.45) is 1.77. The number of fused-ring (bicyclic) bond motifs is 1. The molecule has 30 heavy (non-hydrogen) atoms. The predicted molar refractivity (Wildman–Crippen MR) is 125 cm³/mol. The quantitative estimate of drug-likeness (QED) is 0.569. The molecule has 2 aromatic carbocycles. The first-order valence-electron chi connectivity index (χ1n) is 9.62. The molecule has 1 fully saturated rings. The maximum Gasteiger partial charge on any atom is 0.265 e. The molecule has 7 heteroatoms. The number of anilines is 1. The van der Waals surface area contributed by atoms with Crippen molar-refractivity contribution in [3.63, 3.8) is 0 Å². The van der Waals surface area contributed by atoms with E-state index in [1.54, 1.807) is 11.0 Å². The van der Waals surface area contributed by atoms with Crippen molar-refractivity contribution in [3.05, 3.63) is 64.1 Å². The number of hydrogen-bond acceptors (Lipinski definition) is 5.